The first kappa shape index (κ1) is 26.2. The number of hydrogen-bond donors (Lipinski definition) is 2. The van der Waals surface area contributed by atoms with E-state index >= 15 is 0 Å². The van der Waals surface area contributed by atoms with Crippen LogP contribution in [0.25, 0.3) is 5.65 Å². The van der Waals surface area contributed by atoms with E-state index in [0.29, 0.717) is 41.1 Å². The van der Waals surface area contributed by atoms with Gasteiger partial charge in [0.05, 0.1) is 13.2 Å². The van der Waals surface area contributed by atoms with E-state index in [1.54, 1.807) is 28.8 Å². The Bertz CT molecular complexity index is 1490. The largest absolute Gasteiger partial charge is 0.476 e. The lowest BCUT2D eigenvalue weighted by Crippen LogP contribution is -2.38. The Balaban J connectivity index is 1.14. The van der Waals surface area contributed by atoms with Gasteiger partial charge in [0.15, 0.2) is 11.5 Å². The molecule has 1 aromatic carbocycles. The van der Waals surface area contributed by atoms with E-state index in [1.165, 1.54) is 0 Å². The highest BCUT2D eigenvalue weighted by molar-refractivity contribution is 5.99. The molecule has 0 radical (unpaired) electrons. The van der Waals surface area contributed by atoms with E-state index < -0.39 is 6.03 Å². The van der Waals surface area contributed by atoms with E-state index in [4.69, 9.17) is 14.0 Å². The Hall–Kier alpha value is -4.40. The van der Waals surface area contributed by atoms with Crippen LogP contribution in [-0.4, -0.2) is 70.1 Å². The third kappa shape index (κ3) is 7.13. The summed E-state index contributed by atoms with van der Waals surface area (Å²) in [5.74, 6) is 7.76. The number of aromatic nitrogens is 4. The van der Waals surface area contributed by atoms with Gasteiger partial charge in [0.25, 0.3) is 0 Å². The molecular weight excluding hydrogens is 498 g/mol. The number of carbonyl (C=O) groups excluding carboxylic acids is 1. The summed E-state index contributed by atoms with van der Waals surface area (Å²) in [6, 6.07) is 12.1. The highest BCUT2D eigenvalue weighted by Crippen LogP contribution is 2.24. The maximum Gasteiger partial charge on any atom is 0.324 e. The molecule has 1 saturated heterocycles. The second-order valence-electron chi connectivity index (χ2n) is 10.1. The number of rotatable bonds is 6. The number of benzene rings is 1. The number of anilines is 2. The zero-order chi connectivity index (χ0) is 27.2. The Morgan fingerprint density at radius 3 is 2.62 bits per heavy atom. The zero-order valence-corrected chi connectivity index (χ0v) is 22.2. The van der Waals surface area contributed by atoms with Crippen LogP contribution in [0, 0.1) is 11.8 Å². The van der Waals surface area contributed by atoms with Crippen LogP contribution in [-0.2, 0) is 10.2 Å². The summed E-state index contributed by atoms with van der Waals surface area (Å²) in [6.45, 7) is 10.8. The predicted molar refractivity (Wildman–Crippen MR) is 146 cm³/mol. The Morgan fingerprint density at radius 2 is 1.87 bits per heavy atom. The number of nitrogens with zero attached hydrogens (tertiary/aromatic N) is 5. The van der Waals surface area contributed by atoms with Crippen LogP contribution < -0.4 is 15.4 Å². The van der Waals surface area contributed by atoms with Crippen LogP contribution in [0.2, 0.25) is 0 Å². The Morgan fingerprint density at radius 1 is 1.08 bits per heavy atom. The minimum Gasteiger partial charge on any atom is -0.476 e. The van der Waals surface area contributed by atoms with Gasteiger partial charge in [-0.1, -0.05) is 31.8 Å². The number of nitrogens with one attached hydrogen (secondary N) is 2. The second kappa shape index (κ2) is 11.6. The molecular formula is C28H31N7O4. The van der Waals surface area contributed by atoms with E-state index in [9.17, 15) is 4.79 Å². The molecule has 2 N–H and O–H groups in total. The molecule has 5 rings (SSSR count). The first-order chi connectivity index (χ1) is 18.8. The van der Waals surface area contributed by atoms with Crippen LogP contribution in [0.15, 0.2) is 53.2 Å². The van der Waals surface area contributed by atoms with Gasteiger partial charge in [0.2, 0.25) is 5.88 Å². The van der Waals surface area contributed by atoms with Crippen molar-refractivity contribution in [3.05, 3.63) is 65.7 Å². The van der Waals surface area contributed by atoms with E-state index in [0.717, 1.165) is 38.4 Å². The summed E-state index contributed by atoms with van der Waals surface area (Å²) < 4.78 is 18.2. The molecule has 39 heavy (non-hydrogen) atoms. The third-order valence-electron chi connectivity index (χ3n) is 6.03. The van der Waals surface area contributed by atoms with Gasteiger partial charge in [-0.05, 0) is 30.2 Å². The molecule has 4 aromatic rings. The second-order valence-corrected chi connectivity index (χ2v) is 10.1. The van der Waals surface area contributed by atoms with Crippen LogP contribution in [0.3, 0.4) is 0 Å². The number of fused-ring (bicyclic) bond motifs is 1. The van der Waals surface area contributed by atoms with Crippen molar-refractivity contribution in [3.63, 3.8) is 0 Å². The normalized spacial score (nSPS) is 14.0. The van der Waals surface area contributed by atoms with Gasteiger partial charge in [0, 0.05) is 60.7 Å². The minimum absolute atomic E-state index is 0.194. The molecule has 0 unspecified atom stereocenters. The van der Waals surface area contributed by atoms with Crippen molar-refractivity contribution in [2.75, 3.05) is 50.1 Å². The zero-order valence-electron chi connectivity index (χ0n) is 22.2. The van der Waals surface area contributed by atoms with Crippen LogP contribution in [0.4, 0.5) is 16.3 Å². The molecule has 0 spiro atoms. The smallest absolute Gasteiger partial charge is 0.324 e. The molecule has 0 atom stereocenters. The first-order valence-corrected chi connectivity index (χ1v) is 12.8. The molecule has 1 fully saturated rings. The lowest BCUT2D eigenvalue weighted by atomic mass is 9.93. The molecule has 2 amide bonds. The Labute approximate surface area is 226 Å². The fraction of sp³-hybridized carbons (Fsp3) is 0.357. The van der Waals surface area contributed by atoms with Gasteiger partial charge < -0.3 is 19.3 Å². The monoisotopic (exact) mass is 529 g/mol. The van der Waals surface area contributed by atoms with Crippen molar-refractivity contribution < 1.29 is 18.8 Å². The molecule has 202 valence electrons. The van der Waals surface area contributed by atoms with E-state index in [-0.39, 0.29) is 5.41 Å². The highest BCUT2D eigenvalue weighted by atomic mass is 16.5. The highest BCUT2D eigenvalue weighted by Gasteiger charge is 2.20. The molecule has 1 aliphatic heterocycles. The van der Waals surface area contributed by atoms with E-state index in [1.807, 2.05) is 45.2 Å². The van der Waals surface area contributed by atoms with Crippen LogP contribution in [0.1, 0.15) is 37.8 Å². The standard InChI is InChI=1S/C28H31N7O4/c1-28(2,3)23-19-24(33-39-23)30-27(36)29-21-7-4-20(5-8-21)6-9-22-18-25-31-26(10-11-35(25)32-22)38-17-14-34-12-15-37-16-13-34/h4-5,7-8,10-11,18-19H,12-17H2,1-3H3,(H2,29,30,33,36). The van der Waals surface area contributed by atoms with Crippen molar-refractivity contribution in [3.8, 4) is 17.7 Å². The van der Waals surface area contributed by atoms with Crippen molar-refractivity contribution in [2.45, 2.75) is 26.2 Å². The number of hydrogen-bond acceptors (Lipinski definition) is 8. The third-order valence-corrected chi connectivity index (χ3v) is 6.03. The number of carbonyl (C=O) groups is 1. The number of amides is 2. The van der Waals surface area contributed by atoms with Crippen LogP contribution >= 0.6 is 0 Å². The number of urea groups is 1. The average molecular weight is 530 g/mol. The quantitative estimate of drug-likeness (QED) is 0.363. The summed E-state index contributed by atoms with van der Waals surface area (Å²) in [7, 11) is 0. The summed E-state index contributed by atoms with van der Waals surface area (Å²) in [4.78, 5) is 19.2. The van der Waals surface area contributed by atoms with Crippen molar-refractivity contribution in [2.24, 2.45) is 0 Å². The lowest BCUT2D eigenvalue weighted by molar-refractivity contribution is 0.0320. The molecule has 1 aliphatic rings. The summed E-state index contributed by atoms with van der Waals surface area (Å²) in [6.07, 6.45) is 1.81. The summed E-state index contributed by atoms with van der Waals surface area (Å²) >= 11 is 0. The summed E-state index contributed by atoms with van der Waals surface area (Å²) in [5.41, 5.74) is 2.47. The SMILES string of the molecule is CC(C)(C)c1cc(NC(=O)Nc2ccc(C#Cc3cc4nc(OCCN5CCOCC5)ccn4n3)cc2)no1. The molecule has 11 nitrogen and oxygen atoms in total. The lowest BCUT2D eigenvalue weighted by Gasteiger charge is -2.26. The van der Waals surface area contributed by atoms with E-state index in [2.05, 4.69) is 42.6 Å². The molecule has 0 saturated carbocycles. The van der Waals surface area contributed by atoms with Crippen molar-refractivity contribution in [1.82, 2.24) is 24.7 Å². The summed E-state index contributed by atoms with van der Waals surface area (Å²) in [5, 5.41) is 13.8. The molecule has 4 heterocycles. The predicted octanol–water partition coefficient (Wildman–Crippen LogP) is 3.77. The maximum atomic E-state index is 12.3. The molecule has 0 aliphatic carbocycles. The number of morpholine rings is 1. The Kier molecular flexibility index (Phi) is 7.76. The fourth-order valence-corrected chi connectivity index (χ4v) is 3.85. The molecule has 11 heteroatoms. The average Bonchev–Trinajstić information content (AvgIpc) is 3.55. The molecule has 3 aromatic heterocycles. The fourth-order valence-electron chi connectivity index (χ4n) is 3.85. The van der Waals surface area contributed by atoms with Crippen LogP contribution in [0.5, 0.6) is 5.88 Å². The first-order valence-electron chi connectivity index (χ1n) is 12.8. The van der Waals surface area contributed by atoms with Crippen molar-refractivity contribution >= 4 is 23.2 Å². The van der Waals surface area contributed by atoms with Gasteiger partial charge in [0.1, 0.15) is 18.1 Å². The van der Waals surface area contributed by atoms with Gasteiger partial charge in [-0.15, -0.1) is 0 Å². The van der Waals surface area contributed by atoms with Gasteiger partial charge in [-0.25, -0.2) is 9.31 Å². The number of ether oxygens (including phenoxy) is 2. The van der Waals surface area contributed by atoms with Gasteiger partial charge in [-0.3, -0.25) is 10.2 Å². The minimum atomic E-state index is -0.413. The maximum absolute atomic E-state index is 12.3. The topological polar surface area (TPSA) is 119 Å². The van der Waals surface area contributed by atoms with Gasteiger partial charge >= 0.3 is 6.03 Å². The molecule has 0 bridgehead atoms. The van der Waals surface area contributed by atoms with Crippen molar-refractivity contribution in [1.29, 1.82) is 0 Å². The van der Waals surface area contributed by atoms with Gasteiger partial charge in [-0.2, -0.15) is 10.1 Å².